The molecule has 1 aromatic carbocycles. The van der Waals surface area contributed by atoms with E-state index in [1.807, 2.05) is 34.9 Å². The Hall–Kier alpha value is -1.81. The van der Waals surface area contributed by atoms with Crippen LogP contribution in [-0.2, 0) is 0 Å². The van der Waals surface area contributed by atoms with E-state index in [1.54, 1.807) is 12.5 Å². The van der Waals surface area contributed by atoms with Crippen LogP contribution in [0.25, 0.3) is 5.69 Å². The van der Waals surface area contributed by atoms with Crippen molar-refractivity contribution in [2.45, 2.75) is 0 Å². The van der Waals surface area contributed by atoms with Crippen LogP contribution in [0.3, 0.4) is 0 Å². The predicted molar refractivity (Wildman–Crippen MR) is 59.1 cm³/mol. The molecule has 2 rings (SSSR count). The summed E-state index contributed by atoms with van der Waals surface area (Å²) in [7, 11) is 0. The Kier molecular flexibility index (Phi) is 2.99. The Morgan fingerprint density at radius 2 is 2.07 bits per heavy atom. The van der Waals surface area contributed by atoms with Gasteiger partial charge in [0.25, 0.3) is 0 Å². The summed E-state index contributed by atoms with van der Waals surface area (Å²) in [4.78, 5) is 4.07. The van der Waals surface area contributed by atoms with Gasteiger partial charge in [-0.2, -0.15) is 0 Å². The molecule has 78 valence electrons. The lowest BCUT2D eigenvalue weighted by molar-refractivity contribution is 0.311. The summed E-state index contributed by atoms with van der Waals surface area (Å²) >= 11 is 0. The molecular formula is C11H13N3O. The van der Waals surface area contributed by atoms with Crippen LogP contribution in [0, 0.1) is 0 Å². The summed E-state index contributed by atoms with van der Waals surface area (Å²) in [5.41, 5.74) is 1.05. The number of aromatic nitrogens is 2. The van der Waals surface area contributed by atoms with Crippen LogP contribution in [0.1, 0.15) is 0 Å². The zero-order valence-electron chi connectivity index (χ0n) is 8.30. The van der Waals surface area contributed by atoms with Crippen LogP contribution in [0.4, 0.5) is 5.82 Å². The summed E-state index contributed by atoms with van der Waals surface area (Å²) < 4.78 is 1.94. The number of aliphatic hydroxyl groups is 1. The number of nitrogens with zero attached hydrogens (tertiary/aromatic N) is 2. The second-order valence-electron chi connectivity index (χ2n) is 3.13. The average Bonchev–Trinajstić information content (AvgIpc) is 2.75. The molecule has 0 aliphatic carbocycles. The van der Waals surface area contributed by atoms with Crippen LogP contribution < -0.4 is 5.32 Å². The van der Waals surface area contributed by atoms with E-state index in [-0.39, 0.29) is 6.61 Å². The molecule has 1 aromatic heterocycles. The molecule has 0 fully saturated rings. The summed E-state index contributed by atoms with van der Waals surface area (Å²) in [6, 6.07) is 9.94. The first-order valence-electron chi connectivity index (χ1n) is 4.84. The maximum Gasteiger partial charge on any atom is 0.130 e. The zero-order valence-corrected chi connectivity index (χ0v) is 8.30. The van der Waals surface area contributed by atoms with E-state index in [2.05, 4.69) is 10.3 Å². The minimum absolute atomic E-state index is 0.111. The molecule has 0 saturated heterocycles. The minimum atomic E-state index is 0.111. The van der Waals surface area contributed by atoms with E-state index in [0.717, 1.165) is 11.5 Å². The van der Waals surface area contributed by atoms with Gasteiger partial charge in [-0.1, -0.05) is 18.2 Å². The van der Waals surface area contributed by atoms with Crippen molar-refractivity contribution in [3.63, 3.8) is 0 Å². The van der Waals surface area contributed by atoms with Gasteiger partial charge in [0.1, 0.15) is 12.1 Å². The highest BCUT2D eigenvalue weighted by molar-refractivity contribution is 5.44. The molecule has 0 spiro atoms. The van der Waals surface area contributed by atoms with Gasteiger partial charge in [0.15, 0.2) is 0 Å². The quantitative estimate of drug-likeness (QED) is 0.787. The maximum absolute atomic E-state index is 8.73. The van der Waals surface area contributed by atoms with Crippen molar-refractivity contribution in [3.8, 4) is 5.69 Å². The molecule has 4 nitrogen and oxygen atoms in total. The number of rotatable bonds is 4. The van der Waals surface area contributed by atoms with Crippen molar-refractivity contribution in [1.82, 2.24) is 9.55 Å². The lowest BCUT2D eigenvalue weighted by Crippen LogP contribution is -2.08. The zero-order chi connectivity index (χ0) is 10.5. The largest absolute Gasteiger partial charge is 0.395 e. The first-order chi connectivity index (χ1) is 7.42. The van der Waals surface area contributed by atoms with E-state index in [1.165, 1.54) is 0 Å². The number of hydrogen-bond donors (Lipinski definition) is 2. The average molecular weight is 203 g/mol. The van der Waals surface area contributed by atoms with Gasteiger partial charge < -0.3 is 10.4 Å². The third-order valence-corrected chi connectivity index (χ3v) is 2.09. The van der Waals surface area contributed by atoms with Crippen LogP contribution >= 0.6 is 0 Å². The molecule has 2 aromatic rings. The van der Waals surface area contributed by atoms with E-state index in [9.17, 15) is 0 Å². The molecule has 1 heterocycles. The van der Waals surface area contributed by atoms with E-state index in [4.69, 9.17) is 5.11 Å². The van der Waals surface area contributed by atoms with Crippen LogP contribution in [-0.4, -0.2) is 27.8 Å². The number of anilines is 1. The van der Waals surface area contributed by atoms with Crippen molar-refractivity contribution in [3.05, 3.63) is 42.9 Å². The summed E-state index contributed by atoms with van der Waals surface area (Å²) in [5, 5.41) is 11.8. The van der Waals surface area contributed by atoms with Gasteiger partial charge in [-0.25, -0.2) is 4.98 Å². The third-order valence-electron chi connectivity index (χ3n) is 2.09. The highest BCUT2D eigenvalue weighted by Gasteiger charge is 2.01. The highest BCUT2D eigenvalue weighted by Crippen LogP contribution is 2.14. The first-order valence-corrected chi connectivity index (χ1v) is 4.84. The van der Waals surface area contributed by atoms with E-state index < -0.39 is 0 Å². The van der Waals surface area contributed by atoms with E-state index >= 15 is 0 Å². The summed E-state index contributed by atoms with van der Waals surface area (Å²) in [6.45, 7) is 0.637. The molecule has 0 amide bonds. The Balaban J connectivity index is 2.25. The van der Waals surface area contributed by atoms with Crippen LogP contribution in [0.15, 0.2) is 42.9 Å². The fourth-order valence-electron chi connectivity index (χ4n) is 1.40. The summed E-state index contributed by atoms with van der Waals surface area (Å²) in [5.74, 6) is 0.884. The molecule has 0 radical (unpaired) electrons. The molecule has 2 N–H and O–H groups in total. The second kappa shape index (κ2) is 4.61. The van der Waals surface area contributed by atoms with Crippen LogP contribution in [0.5, 0.6) is 0 Å². The Morgan fingerprint density at radius 3 is 2.80 bits per heavy atom. The number of hydrogen-bond acceptors (Lipinski definition) is 3. The summed E-state index contributed by atoms with van der Waals surface area (Å²) in [6.07, 6.45) is 3.48. The van der Waals surface area contributed by atoms with Crippen molar-refractivity contribution >= 4 is 5.82 Å². The molecule has 0 bridgehead atoms. The Morgan fingerprint density at radius 1 is 1.27 bits per heavy atom. The van der Waals surface area contributed by atoms with Crippen molar-refractivity contribution in [2.75, 3.05) is 18.5 Å². The van der Waals surface area contributed by atoms with Crippen molar-refractivity contribution in [2.24, 2.45) is 0 Å². The van der Waals surface area contributed by atoms with E-state index in [0.29, 0.717) is 6.54 Å². The SMILES string of the molecule is OCCNc1cncn1-c1ccccc1. The molecule has 0 atom stereocenters. The lowest BCUT2D eigenvalue weighted by atomic mass is 10.3. The monoisotopic (exact) mass is 203 g/mol. The van der Waals surface area contributed by atoms with Crippen LogP contribution in [0.2, 0.25) is 0 Å². The van der Waals surface area contributed by atoms with Crippen molar-refractivity contribution in [1.29, 1.82) is 0 Å². The number of para-hydroxylation sites is 1. The van der Waals surface area contributed by atoms with Gasteiger partial charge in [-0.3, -0.25) is 4.57 Å². The molecule has 0 saturated carbocycles. The fraction of sp³-hybridized carbons (Fsp3) is 0.182. The van der Waals surface area contributed by atoms with Gasteiger partial charge in [-0.05, 0) is 12.1 Å². The molecule has 0 unspecified atom stereocenters. The minimum Gasteiger partial charge on any atom is -0.395 e. The molecule has 15 heavy (non-hydrogen) atoms. The number of aliphatic hydroxyl groups excluding tert-OH is 1. The topological polar surface area (TPSA) is 50.1 Å². The van der Waals surface area contributed by atoms with Gasteiger partial charge in [-0.15, -0.1) is 0 Å². The highest BCUT2D eigenvalue weighted by atomic mass is 16.3. The molecule has 0 aliphatic rings. The van der Waals surface area contributed by atoms with Gasteiger partial charge >= 0.3 is 0 Å². The van der Waals surface area contributed by atoms with Gasteiger partial charge in [0.2, 0.25) is 0 Å². The number of nitrogens with one attached hydrogen (secondary N) is 1. The van der Waals surface area contributed by atoms with Crippen molar-refractivity contribution < 1.29 is 5.11 Å². The lowest BCUT2D eigenvalue weighted by Gasteiger charge is -2.08. The third kappa shape index (κ3) is 2.16. The van der Waals surface area contributed by atoms with Gasteiger partial charge in [0.05, 0.1) is 12.8 Å². The smallest absolute Gasteiger partial charge is 0.130 e. The Labute approximate surface area is 88.2 Å². The Bertz CT molecular complexity index is 411. The fourth-order valence-corrected chi connectivity index (χ4v) is 1.40. The molecule has 4 heteroatoms. The standard InChI is InChI=1S/C11H13N3O/c15-7-6-13-11-8-12-9-14(11)10-4-2-1-3-5-10/h1-5,8-9,13,15H,6-7H2. The number of benzene rings is 1. The van der Waals surface area contributed by atoms with Gasteiger partial charge in [0, 0.05) is 12.2 Å². The normalized spacial score (nSPS) is 10.2. The molecular weight excluding hydrogens is 190 g/mol. The molecule has 0 aliphatic heterocycles. The second-order valence-corrected chi connectivity index (χ2v) is 3.13. The predicted octanol–water partition coefficient (Wildman–Crippen LogP) is 1.28. The number of imidazole rings is 1. The first kappa shape index (κ1) is 9.73. The maximum atomic E-state index is 8.73.